The third-order valence-corrected chi connectivity index (χ3v) is 10.9. The van der Waals surface area contributed by atoms with Gasteiger partial charge >= 0.3 is 0 Å². The second-order valence-electron chi connectivity index (χ2n) is 17.6. The van der Waals surface area contributed by atoms with Gasteiger partial charge in [-0.15, -0.1) is 17.5 Å². The number of ketones is 1. The van der Waals surface area contributed by atoms with Crippen molar-refractivity contribution in [1.29, 1.82) is 0 Å². The molecular weight excluding hydrogens is 853 g/mol. The zero-order valence-electron chi connectivity index (χ0n) is 34.6. The topological polar surface area (TPSA) is 54.6 Å². The summed E-state index contributed by atoms with van der Waals surface area (Å²) < 4.78 is 2.49. The molecule has 0 fully saturated rings. The Morgan fingerprint density at radius 2 is 1.38 bits per heavy atom. The van der Waals surface area contributed by atoms with Crippen molar-refractivity contribution in [1.82, 2.24) is 9.38 Å². The molecular formula is C50H59IrN2O2-. The molecule has 1 radical (unpaired) electrons. The fourth-order valence-electron chi connectivity index (χ4n) is 8.20. The molecule has 1 N–H and O–H groups in total. The van der Waals surface area contributed by atoms with Crippen molar-refractivity contribution >= 4 is 65.7 Å². The van der Waals surface area contributed by atoms with Crippen LogP contribution in [-0.2, 0) is 37.7 Å². The summed E-state index contributed by atoms with van der Waals surface area (Å²) in [7, 11) is 0. The van der Waals surface area contributed by atoms with Crippen LogP contribution in [0, 0.1) is 28.7 Å². The summed E-state index contributed by atoms with van der Waals surface area (Å²) in [5, 5.41) is 17.0. The normalized spacial score (nSPS) is 12.7. The Balaban J connectivity index is 0.000000311. The van der Waals surface area contributed by atoms with E-state index in [9.17, 15) is 9.90 Å². The quantitative estimate of drug-likeness (QED) is 0.0516. The van der Waals surface area contributed by atoms with Gasteiger partial charge in [-0.3, -0.25) is 9.78 Å². The largest absolute Gasteiger partial charge is 0.512 e. The van der Waals surface area contributed by atoms with Crippen LogP contribution in [0.5, 0.6) is 0 Å². The molecule has 0 bridgehead atoms. The zero-order chi connectivity index (χ0) is 38.9. The SMILES string of the molecule is CC(C)(C)Cc1cccc2c1cc1c3c(CC(C)(C)C)c4ccccc4nc3c3[c-]c4ccccc4cc3n21.CCC(CC)C(=O)/C=C(\O)C(CC)CC.[Ir]. The summed E-state index contributed by atoms with van der Waals surface area (Å²) in [6.45, 7) is 22.1. The summed E-state index contributed by atoms with van der Waals surface area (Å²) in [6.07, 6.45) is 6.91. The van der Waals surface area contributed by atoms with Crippen molar-refractivity contribution in [3.8, 4) is 0 Å². The van der Waals surface area contributed by atoms with E-state index in [2.05, 4.69) is 131 Å². The summed E-state index contributed by atoms with van der Waals surface area (Å²) in [6, 6.07) is 32.7. The van der Waals surface area contributed by atoms with E-state index in [1.807, 2.05) is 27.7 Å². The van der Waals surface area contributed by atoms with Crippen LogP contribution in [0.25, 0.3) is 59.9 Å². The fourth-order valence-corrected chi connectivity index (χ4v) is 8.20. The number of pyridine rings is 2. The van der Waals surface area contributed by atoms with Gasteiger partial charge in [-0.05, 0) is 89.6 Å². The predicted molar refractivity (Wildman–Crippen MR) is 232 cm³/mol. The minimum Gasteiger partial charge on any atom is -0.512 e. The van der Waals surface area contributed by atoms with E-state index >= 15 is 0 Å². The Labute approximate surface area is 341 Å². The van der Waals surface area contributed by atoms with Gasteiger partial charge in [0.15, 0.2) is 5.78 Å². The van der Waals surface area contributed by atoms with Crippen molar-refractivity contribution in [3.63, 3.8) is 0 Å². The van der Waals surface area contributed by atoms with Crippen LogP contribution >= 0.6 is 0 Å². The fraction of sp³-hybridized carbons (Fsp3) is 0.400. The van der Waals surface area contributed by atoms with Gasteiger partial charge in [0.2, 0.25) is 0 Å². The smallest absolute Gasteiger partial charge is 0.162 e. The van der Waals surface area contributed by atoms with Gasteiger partial charge in [0.05, 0.1) is 11.3 Å². The Morgan fingerprint density at radius 1 is 0.745 bits per heavy atom. The summed E-state index contributed by atoms with van der Waals surface area (Å²) in [5.74, 6) is 0.547. The van der Waals surface area contributed by atoms with Gasteiger partial charge in [0.1, 0.15) is 0 Å². The van der Waals surface area contributed by atoms with Crippen LogP contribution in [-0.4, -0.2) is 20.3 Å². The maximum Gasteiger partial charge on any atom is 0.162 e. The van der Waals surface area contributed by atoms with E-state index in [4.69, 9.17) is 4.98 Å². The average Bonchev–Trinajstić information content (AvgIpc) is 3.52. The predicted octanol–water partition coefficient (Wildman–Crippen LogP) is 13.9. The molecule has 4 nitrogen and oxygen atoms in total. The first kappa shape index (κ1) is 42.1. The molecule has 55 heavy (non-hydrogen) atoms. The second kappa shape index (κ2) is 17.0. The number of carbonyl (C=O) groups excluding carboxylic acids is 1. The number of benzene rings is 4. The van der Waals surface area contributed by atoms with Gasteiger partial charge in [-0.1, -0.05) is 135 Å². The van der Waals surface area contributed by atoms with Gasteiger partial charge in [0, 0.05) is 65.3 Å². The number of allylic oxidation sites excluding steroid dienone is 2. The first-order valence-electron chi connectivity index (χ1n) is 20.1. The summed E-state index contributed by atoms with van der Waals surface area (Å²) >= 11 is 0. The van der Waals surface area contributed by atoms with Crippen LogP contribution in [0.1, 0.15) is 106 Å². The third-order valence-electron chi connectivity index (χ3n) is 10.9. The minimum absolute atomic E-state index is 0. The molecule has 3 aromatic heterocycles. The second-order valence-corrected chi connectivity index (χ2v) is 17.6. The molecule has 291 valence electrons. The molecule has 4 aromatic carbocycles. The third kappa shape index (κ3) is 8.84. The van der Waals surface area contributed by atoms with Crippen molar-refractivity contribution in [2.24, 2.45) is 22.7 Å². The molecule has 0 unspecified atom stereocenters. The molecule has 0 saturated carbocycles. The Morgan fingerprint density at radius 3 is 2.04 bits per heavy atom. The number of para-hydroxylation sites is 1. The minimum atomic E-state index is 0. The van der Waals surface area contributed by atoms with Gasteiger partial charge in [0.25, 0.3) is 0 Å². The van der Waals surface area contributed by atoms with E-state index in [0.29, 0.717) is 0 Å². The van der Waals surface area contributed by atoms with E-state index in [1.54, 1.807) is 0 Å². The van der Waals surface area contributed by atoms with Gasteiger partial charge in [-0.2, -0.15) is 0 Å². The van der Waals surface area contributed by atoms with Crippen LogP contribution in [0.4, 0.5) is 0 Å². The average molecular weight is 912 g/mol. The number of aliphatic hydroxyl groups is 1. The number of hydrogen-bond acceptors (Lipinski definition) is 3. The molecule has 0 aliphatic heterocycles. The van der Waals surface area contributed by atoms with Crippen molar-refractivity contribution in [3.05, 3.63) is 108 Å². The molecule has 0 aliphatic rings. The maximum atomic E-state index is 11.7. The molecule has 5 heteroatoms. The van der Waals surface area contributed by atoms with Crippen LogP contribution in [0.3, 0.4) is 0 Å². The van der Waals surface area contributed by atoms with E-state index in [1.165, 1.54) is 55.3 Å². The summed E-state index contributed by atoms with van der Waals surface area (Å²) in [5.41, 5.74) is 8.90. The molecule has 0 amide bonds. The Hall–Kier alpha value is -4.05. The molecule has 0 aliphatic carbocycles. The van der Waals surface area contributed by atoms with E-state index < -0.39 is 0 Å². The number of hydrogen-bond donors (Lipinski definition) is 1. The van der Waals surface area contributed by atoms with Crippen LogP contribution in [0.2, 0.25) is 0 Å². The number of aliphatic hydroxyl groups excluding tert-OH is 1. The Kier molecular flexibility index (Phi) is 13.0. The molecule has 3 heterocycles. The van der Waals surface area contributed by atoms with Crippen LogP contribution < -0.4 is 0 Å². The van der Waals surface area contributed by atoms with Crippen molar-refractivity contribution in [2.45, 2.75) is 108 Å². The number of fused-ring (bicyclic) bond motifs is 10. The monoisotopic (exact) mass is 912 g/mol. The maximum absolute atomic E-state index is 11.7. The van der Waals surface area contributed by atoms with Gasteiger partial charge < -0.3 is 9.51 Å². The number of aromatic nitrogens is 2. The van der Waals surface area contributed by atoms with E-state index in [0.717, 1.165) is 60.3 Å². The van der Waals surface area contributed by atoms with Crippen molar-refractivity contribution in [2.75, 3.05) is 0 Å². The van der Waals surface area contributed by atoms with Crippen LogP contribution in [0.15, 0.2) is 90.7 Å². The molecule has 7 rings (SSSR count). The first-order valence-corrected chi connectivity index (χ1v) is 20.1. The number of nitrogens with zero attached hydrogens (tertiary/aromatic N) is 2. The van der Waals surface area contributed by atoms with Gasteiger partial charge in [-0.25, -0.2) is 0 Å². The standard InChI is InChI=1S/C37H35N2.C13H24O2.Ir/c1-36(2,3)21-25-14-11-17-31-27(25)20-33-34-29(22-37(4,5)6)26-15-9-10-16-30(26)38-35(34)28-18-23-12-7-8-13-24(23)19-32(28)39(31)33;1-5-10(6-2)12(14)9-13(15)11(7-3)8-4;/h7-17,19-20H,21-22H2,1-6H3;9-11,14H,5-8H2,1-4H3;/q-1;;/b;12-9-;. The number of rotatable bonds is 9. The van der Waals surface area contributed by atoms with Crippen molar-refractivity contribution < 1.29 is 30.0 Å². The zero-order valence-corrected chi connectivity index (χ0v) is 37.0. The molecule has 0 atom stereocenters. The molecule has 0 spiro atoms. The molecule has 7 aromatic rings. The number of carbonyl (C=O) groups is 1. The Bertz CT molecular complexity index is 2500. The summed E-state index contributed by atoms with van der Waals surface area (Å²) in [4.78, 5) is 17.1. The molecule has 0 saturated heterocycles. The first-order chi connectivity index (χ1) is 25.7. The van der Waals surface area contributed by atoms with E-state index in [-0.39, 0.29) is 54.3 Å².